The molecule has 2 aromatic rings. The molecule has 0 fully saturated rings. The summed E-state index contributed by atoms with van der Waals surface area (Å²) < 4.78 is 0. The van der Waals surface area contributed by atoms with E-state index in [2.05, 4.69) is 10.3 Å². The maximum Gasteiger partial charge on any atom is 0.130 e. The Bertz CT molecular complexity index is 364. The average Bonchev–Trinajstić information content (AvgIpc) is 2.62. The molecule has 2 rings (SSSR count). The summed E-state index contributed by atoms with van der Waals surface area (Å²) in [4.78, 5) is 4.25. The number of anilines is 2. The summed E-state index contributed by atoms with van der Waals surface area (Å²) in [6, 6.07) is 8.07. The first-order chi connectivity index (χ1) is 6.34. The quantitative estimate of drug-likeness (QED) is 0.786. The van der Waals surface area contributed by atoms with Gasteiger partial charge in [0, 0.05) is 6.20 Å². The van der Waals surface area contributed by atoms with Gasteiger partial charge in [0.15, 0.2) is 0 Å². The van der Waals surface area contributed by atoms with Crippen LogP contribution in [0.15, 0.2) is 35.8 Å². The van der Waals surface area contributed by atoms with E-state index in [0.717, 1.165) is 10.8 Å². The number of aryl methyl sites for hydroxylation is 1. The third-order valence-electron chi connectivity index (χ3n) is 1.68. The van der Waals surface area contributed by atoms with E-state index in [1.807, 2.05) is 42.8 Å². The second kappa shape index (κ2) is 3.58. The number of thiophene rings is 1. The molecule has 2 heterocycles. The van der Waals surface area contributed by atoms with Gasteiger partial charge < -0.3 is 5.32 Å². The maximum absolute atomic E-state index is 4.25. The van der Waals surface area contributed by atoms with Gasteiger partial charge in [0.25, 0.3) is 0 Å². The summed E-state index contributed by atoms with van der Waals surface area (Å²) in [6.07, 6.45) is 1.86. The fraction of sp³-hybridized carbons (Fsp3) is 0.100. The fourth-order valence-corrected chi connectivity index (χ4v) is 1.64. The van der Waals surface area contributed by atoms with Crippen molar-refractivity contribution < 1.29 is 0 Å². The molecule has 0 aliphatic rings. The van der Waals surface area contributed by atoms with Crippen LogP contribution >= 0.6 is 11.3 Å². The smallest absolute Gasteiger partial charge is 0.130 e. The molecule has 66 valence electrons. The zero-order valence-corrected chi connectivity index (χ0v) is 8.14. The average molecular weight is 190 g/mol. The van der Waals surface area contributed by atoms with Crippen LogP contribution in [0.25, 0.3) is 0 Å². The van der Waals surface area contributed by atoms with Crippen molar-refractivity contribution in [2.45, 2.75) is 6.92 Å². The number of hydrogen-bond donors (Lipinski definition) is 1. The molecule has 13 heavy (non-hydrogen) atoms. The summed E-state index contributed by atoms with van der Waals surface area (Å²) in [7, 11) is 0. The predicted octanol–water partition coefficient (Wildman–Crippen LogP) is 3.20. The number of hydrogen-bond acceptors (Lipinski definition) is 3. The van der Waals surface area contributed by atoms with Crippen molar-refractivity contribution in [3.05, 3.63) is 41.4 Å². The molecule has 0 aromatic carbocycles. The van der Waals surface area contributed by atoms with E-state index in [1.54, 1.807) is 11.3 Å². The molecule has 0 bridgehead atoms. The molecule has 0 saturated carbocycles. The lowest BCUT2D eigenvalue weighted by atomic mass is 10.3. The van der Waals surface area contributed by atoms with Crippen LogP contribution < -0.4 is 5.32 Å². The summed E-state index contributed by atoms with van der Waals surface area (Å²) in [5.41, 5.74) is 1.18. The Balaban J connectivity index is 2.15. The van der Waals surface area contributed by atoms with E-state index < -0.39 is 0 Å². The first kappa shape index (κ1) is 8.26. The number of nitrogens with one attached hydrogen (secondary N) is 1. The molecule has 2 nitrogen and oxygen atoms in total. The second-order valence-electron chi connectivity index (χ2n) is 2.82. The highest BCUT2D eigenvalue weighted by molar-refractivity contribution is 7.14. The molecule has 0 radical (unpaired) electrons. The van der Waals surface area contributed by atoms with Gasteiger partial charge in [-0.25, -0.2) is 4.98 Å². The van der Waals surface area contributed by atoms with E-state index in [-0.39, 0.29) is 0 Å². The zero-order chi connectivity index (χ0) is 9.10. The number of aromatic nitrogens is 1. The Morgan fingerprint density at radius 2 is 2.23 bits per heavy atom. The van der Waals surface area contributed by atoms with E-state index >= 15 is 0 Å². The van der Waals surface area contributed by atoms with Crippen LogP contribution in [0.5, 0.6) is 0 Å². The van der Waals surface area contributed by atoms with Crippen molar-refractivity contribution >= 4 is 22.2 Å². The monoisotopic (exact) mass is 190 g/mol. The van der Waals surface area contributed by atoms with Crippen molar-refractivity contribution in [1.29, 1.82) is 0 Å². The zero-order valence-electron chi connectivity index (χ0n) is 7.32. The Kier molecular flexibility index (Phi) is 2.27. The molecule has 0 aliphatic carbocycles. The van der Waals surface area contributed by atoms with Gasteiger partial charge in [-0.3, -0.25) is 0 Å². The third-order valence-corrected chi connectivity index (χ3v) is 2.47. The lowest BCUT2D eigenvalue weighted by Gasteiger charge is -2.01. The molecule has 0 saturated heterocycles. The molecular formula is C10H10N2S. The van der Waals surface area contributed by atoms with Gasteiger partial charge in [-0.05, 0) is 36.1 Å². The number of nitrogens with zero attached hydrogens (tertiary/aromatic N) is 1. The van der Waals surface area contributed by atoms with E-state index in [9.17, 15) is 0 Å². The summed E-state index contributed by atoms with van der Waals surface area (Å²) in [5.74, 6) is 0.896. The number of pyridine rings is 1. The molecule has 0 spiro atoms. The predicted molar refractivity (Wildman–Crippen MR) is 56.6 cm³/mol. The van der Waals surface area contributed by atoms with Gasteiger partial charge in [-0.15, -0.1) is 11.3 Å². The maximum atomic E-state index is 4.25. The Morgan fingerprint density at radius 3 is 2.85 bits per heavy atom. The molecule has 1 N–H and O–H groups in total. The van der Waals surface area contributed by atoms with Crippen LogP contribution in [-0.4, -0.2) is 4.98 Å². The Labute approximate surface area is 81.3 Å². The summed E-state index contributed by atoms with van der Waals surface area (Å²) in [6.45, 7) is 2.03. The van der Waals surface area contributed by atoms with Crippen molar-refractivity contribution in [2.24, 2.45) is 0 Å². The van der Waals surface area contributed by atoms with Gasteiger partial charge in [0.05, 0.1) is 5.00 Å². The molecule has 3 heteroatoms. The molecule has 0 atom stereocenters. The first-order valence-electron chi connectivity index (χ1n) is 4.08. The van der Waals surface area contributed by atoms with Crippen LogP contribution in [0, 0.1) is 6.92 Å². The highest BCUT2D eigenvalue weighted by atomic mass is 32.1. The van der Waals surface area contributed by atoms with Crippen molar-refractivity contribution in [2.75, 3.05) is 5.32 Å². The highest BCUT2D eigenvalue weighted by Gasteiger charge is 1.94. The second-order valence-corrected chi connectivity index (χ2v) is 3.77. The summed E-state index contributed by atoms with van der Waals surface area (Å²) in [5, 5.41) is 6.38. The molecular weight excluding hydrogens is 180 g/mol. The minimum atomic E-state index is 0.896. The van der Waals surface area contributed by atoms with Crippen LogP contribution in [0.4, 0.5) is 10.8 Å². The SMILES string of the molecule is Cc1ccc(Nc2cccs2)nc1. The van der Waals surface area contributed by atoms with Gasteiger partial charge >= 0.3 is 0 Å². The Morgan fingerprint density at radius 1 is 1.31 bits per heavy atom. The normalized spacial score (nSPS) is 9.92. The standard InChI is InChI=1S/C10H10N2S/c1-8-4-5-9(11-7-8)12-10-3-2-6-13-10/h2-7H,1H3,(H,11,12). The van der Waals surface area contributed by atoms with Crippen molar-refractivity contribution in [1.82, 2.24) is 4.98 Å². The third kappa shape index (κ3) is 2.06. The fourth-order valence-electron chi connectivity index (χ4n) is 1.02. The molecule has 0 unspecified atom stereocenters. The van der Waals surface area contributed by atoms with E-state index in [4.69, 9.17) is 0 Å². The Hall–Kier alpha value is -1.35. The first-order valence-corrected chi connectivity index (χ1v) is 4.96. The molecule has 0 amide bonds. The van der Waals surface area contributed by atoms with Gasteiger partial charge in [0.2, 0.25) is 0 Å². The van der Waals surface area contributed by atoms with Crippen molar-refractivity contribution in [3.8, 4) is 0 Å². The van der Waals surface area contributed by atoms with Gasteiger partial charge in [-0.1, -0.05) is 6.07 Å². The lowest BCUT2D eigenvalue weighted by molar-refractivity contribution is 1.26. The topological polar surface area (TPSA) is 24.9 Å². The van der Waals surface area contributed by atoms with Crippen LogP contribution in [0.1, 0.15) is 5.56 Å². The van der Waals surface area contributed by atoms with Gasteiger partial charge in [-0.2, -0.15) is 0 Å². The highest BCUT2D eigenvalue weighted by Crippen LogP contribution is 2.19. The van der Waals surface area contributed by atoms with E-state index in [0.29, 0.717) is 0 Å². The van der Waals surface area contributed by atoms with Gasteiger partial charge in [0.1, 0.15) is 5.82 Å². The van der Waals surface area contributed by atoms with Crippen LogP contribution in [-0.2, 0) is 0 Å². The lowest BCUT2D eigenvalue weighted by Crippen LogP contribution is -1.90. The van der Waals surface area contributed by atoms with Crippen molar-refractivity contribution in [3.63, 3.8) is 0 Å². The number of rotatable bonds is 2. The molecule has 0 aliphatic heterocycles. The summed E-state index contributed by atoms with van der Waals surface area (Å²) >= 11 is 1.67. The molecule has 2 aromatic heterocycles. The van der Waals surface area contributed by atoms with Crippen LogP contribution in [0.2, 0.25) is 0 Å². The minimum absolute atomic E-state index is 0.896. The minimum Gasteiger partial charge on any atom is -0.332 e. The van der Waals surface area contributed by atoms with E-state index in [1.165, 1.54) is 5.56 Å². The largest absolute Gasteiger partial charge is 0.332 e. The van der Waals surface area contributed by atoms with Crippen LogP contribution in [0.3, 0.4) is 0 Å².